The minimum absolute atomic E-state index is 0.0795. The number of amides is 1. The number of aromatic nitrogens is 3. The average molecular weight is 226 g/mol. The second-order valence-corrected chi connectivity index (χ2v) is 3.14. The van der Waals surface area contributed by atoms with Crippen LogP contribution in [0.2, 0.25) is 0 Å². The molecule has 88 valence electrons. The third-order valence-electron chi connectivity index (χ3n) is 1.95. The van der Waals surface area contributed by atoms with Gasteiger partial charge in [-0.1, -0.05) is 6.92 Å². The molecule has 0 radical (unpaired) electrons. The number of rotatable bonds is 5. The lowest BCUT2D eigenvalue weighted by molar-refractivity contribution is -0.141. The molecule has 1 aromatic heterocycles. The molecule has 0 unspecified atom stereocenters. The molecule has 0 spiro atoms. The second-order valence-electron chi connectivity index (χ2n) is 3.14. The van der Waals surface area contributed by atoms with Crippen LogP contribution in [-0.2, 0) is 9.53 Å². The molecule has 7 nitrogen and oxygen atoms in total. The quantitative estimate of drug-likeness (QED) is 0.704. The van der Waals surface area contributed by atoms with Crippen molar-refractivity contribution < 1.29 is 14.3 Å². The van der Waals surface area contributed by atoms with Gasteiger partial charge in [-0.15, -0.1) is 0 Å². The summed E-state index contributed by atoms with van der Waals surface area (Å²) >= 11 is 0. The smallest absolute Gasteiger partial charge is 0.325 e. The van der Waals surface area contributed by atoms with Crippen LogP contribution in [0.25, 0.3) is 0 Å². The van der Waals surface area contributed by atoms with Crippen LogP contribution in [0.15, 0.2) is 6.33 Å². The zero-order chi connectivity index (χ0) is 12.0. The third kappa shape index (κ3) is 3.04. The normalized spacial score (nSPS) is 9.88. The van der Waals surface area contributed by atoms with Crippen molar-refractivity contribution in [2.75, 3.05) is 20.2 Å². The molecule has 1 heterocycles. The Morgan fingerprint density at radius 3 is 2.81 bits per heavy atom. The summed E-state index contributed by atoms with van der Waals surface area (Å²) in [6.45, 7) is 2.30. The van der Waals surface area contributed by atoms with Gasteiger partial charge in [0.05, 0.1) is 7.11 Å². The van der Waals surface area contributed by atoms with Crippen molar-refractivity contribution in [2.45, 2.75) is 13.3 Å². The Morgan fingerprint density at radius 2 is 2.31 bits per heavy atom. The Morgan fingerprint density at radius 1 is 1.56 bits per heavy atom. The average Bonchev–Trinajstić information content (AvgIpc) is 2.80. The Bertz CT molecular complexity index is 350. The molecule has 1 N–H and O–H groups in total. The van der Waals surface area contributed by atoms with E-state index in [9.17, 15) is 9.59 Å². The molecule has 0 atom stereocenters. The van der Waals surface area contributed by atoms with Crippen LogP contribution in [0.1, 0.15) is 24.0 Å². The molecule has 0 aliphatic rings. The van der Waals surface area contributed by atoms with Crippen LogP contribution in [0.4, 0.5) is 0 Å². The van der Waals surface area contributed by atoms with Crippen molar-refractivity contribution in [1.82, 2.24) is 20.1 Å². The first-order chi connectivity index (χ1) is 7.69. The lowest BCUT2D eigenvalue weighted by atomic mass is 10.3. The van der Waals surface area contributed by atoms with Gasteiger partial charge in [-0.2, -0.15) is 5.10 Å². The molecule has 0 aromatic carbocycles. The zero-order valence-corrected chi connectivity index (χ0v) is 9.27. The number of nitrogens with one attached hydrogen (secondary N) is 1. The van der Waals surface area contributed by atoms with Gasteiger partial charge in [0, 0.05) is 6.54 Å². The Labute approximate surface area is 92.8 Å². The van der Waals surface area contributed by atoms with E-state index in [-0.39, 0.29) is 18.3 Å². The molecule has 7 heteroatoms. The van der Waals surface area contributed by atoms with Gasteiger partial charge in [-0.3, -0.25) is 14.7 Å². The minimum Gasteiger partial charge on any atom is -0.468 e. The van der Waals surface area contributed by atoms with Crippen molar-refractivity contribution in [1.29, 1.82) is 0 Å². The Balaban J connectivity index is 2.69. The van der Waals surface area contributed by atoms with Crippen LogP contribution in [0.5, 0.6) is 0 Å². The molecule has 1 rings (SSSR count). The second kappa shape index (κ2) is 5.84. The van der Waals surface area contributed by atoms with E-state index >= 15 is 0 Å². The number of hydrogen-bond donors (Lipinski definition) is 1. The van der Waals surface area contributed by atoms with Gasteiger partial charge in [0.1, 0.15) is 12.9 Å². The molecule has 16 heavy (non-hydrogen) atoms. The fraction of sp³-hybridized carbons (Fsp3) is 0.556. The highest BCUT2D eigenvalue weighted by Crippen LogP contribution is 1.99. The van der Waals surface area contributed by atoms with Crippen molar-refractivity contribution in [3.63, 3.8) is 0 Å². The van der Waals surface area contributed by atoms with E-state index in [1.165, 1.54) is 18.3 Å². The molecule has 0 aliphatic heterocycles. The molecular formula is C9H14N4O3. The van der Waals surface area contributed by atoms with Crippen molar-refractivity contribution in [3.8, 4) is 0 Å². The first-order valence-electron chi connectivity index (χ1n) is 4.90. The van der Waals surface area contributed by atoms with Gasteiger partial charge in [0.2, 0.25) is 5.82 Å². The van der Waals surface area contributed by atoms with E-state index in [1.807, 2.05) is 6.92 Å². The summed E-state index contributed by atoms with van der Waals surface area (Å²) in [5, 5.41) is 6.05. The number of nitrogens with zero attached hydrogens (tertiary/aromatic N) is 3. The predicted molar refractivity (Wildman–Crippen MR) is 54.6 cm³/mol. The van der Waals surface area contributed by atoms with E-state index in [0.717, 1.165) is 6.42 Å². The molecule has 0 bridgehead atoms. The number of ether oxygens (including phenoxy) is 1. The fourth-order valence-corrected chi connectivity index (χ4v) is 1.20. The number of aromatic amines is 1. The van der Waals surface area contributed by atoms with Crippen LogP contribution in [-0.4, -0.2) is 52.2 Å². The topological polar surface area (TPSA) is 88.2 Å². The molecule has 0 fully saturated rings. The summed E-state index contributed by atoms with van der Waals surface area (Å²) in [6, 6.07) is 0. The summed E-state index contributed by atoms with van der Waals surface area (Å²) in [4.78, 5) is 28.1. The first-order valence-corrected chi connectivity index (χ1v) is 4.90. The van der Waals surface area contributed by atoms with Crippen molar-refractivity contribution in [3.05, 3.63) is 12.2 Å². The van der Waals surface area contributed by atoms with E-state index in [4.69, 9.17) is 0 Å². The summed E-state index contributed by atoms with van der Waals surface area (Å²) < 4.78 is 4.52. The standard InChI is InChI=1S/C9H14N4O3/c1-3-4-13(5-7(14)16-2)9(15)8-10-6-11-12-8/h6H,3-5H2,1-2H3,(H,10,11,12). The zero-order valence-electron chi connectivity index (χ0n) is 9.27. The van der Waals surface area contributed by atoms with Crippen LogP contribution >= 0.6 is 0 Å². The van der Waals surface area contributed by atoms with Gasteiger partial charge >= 0.3 is 5.97 Å². The molecular weight excluding hydrogens is 212 g/mol. The van der Waals surface area contributed by atoms with Crippen LogP contribution < -0.4 is 0 Å². The van der Waals surface area contributed by atoms with Crippen LogP contribution in [0.3, 0.4) is 0 Å². The Hall–Kier alpha value is -1.92. The first kappa shape index (κ1) is 12.2. The number of hydrogen-bond acceptors (Lipinski definition) is 5. The molecule has 1 aromatic rings. The number of H-pyrrole nitrogens is 1. The van der Waals surface area contributed by atoms with Crippen molar-refractivity contribution in [2.24, 2.45) is 0 Å². The predicted octanol–water partition coefficient (Wildman–Crippen LogP) is -0.170. The molecule has 1 amide bonds. The Kier molecular flexibility index (Phi) is 4.43. The van der Waals surface area contributed by atoms with Gasteiger partial charge in [-0.25, -0.2) is 4.98 Å². The highest BCUT2D eigenvalue weighted by atomic mass is 16.5. The maximum absolute atomic E-state index is 11.8. The minimum atomic E-state index is -0.457. The summed E-state index contributed by atoms with van der Waals surface area (Å²) in [5.41, 5.74) is 0. The molecule has 0 saturated carbocycles. The SMILES string of the molecule is CCCN(CC(=O)OC)C(=O)c1ncn[nH]1. The fourth-order valence-electron chi connectivity index (χ4n) is 1.20. The lowest BCUT2D eigenvalue weighted by Crippen LogP contribution is -2.37. The van der Waals surface area contributed by atoms with Gasteiger partial charge < -0.3 is 9.64 Å². The summed E-state index contributed by atoms with van der Waals surface area (Å²) in [5.74, 6) is -0.691. The van der Waals surface area contributed by atoms with Crippen molar-refractivity contribution >= 4 is 11.9 Å². The monoisotopic (exact) mass is 226 g/mol. The maximum Gasteiger partial charge on any atom is 0.325 e. The number of carbonyl (C=O) groups excluding carboxylic acids is 2. The molecule has 0 aliphatic carbocycles. The van der Waals surface area contributed by atoms with E-state index in [2.05, 4.69) is 19.9 Å². The highest BCUT2D eigenvalue weighted by Gasteiger charge is 2.20. The summed E-state index contributed by atoms with van der Waals surface area (Å²) in [7, 11) is 1.28. The number of methoxy groups -OCH3 is 1. The highest BCUT2D eigenvalue weighted by molar-refractivity contribution is 5.92. The van der Waals surface area contributed by atoms with E-state index < -0.39 is 5.97 Å². The van der Waals surface area contributed by atoms with E-state index in [1.54, 1.807) is 0 Å². The number of esters is 1. The third-order valence-corrected chi connectivity index (χ3v) is 1.95. The van der Waals surface area contributed by atoms with E-state index in [0.29, 0.717) is 6.54 Å². The van der Waals surface area contributed by atoms with Gasteiger partial charge in [0.25, 0.3) is 5.91 Å². The summed E-state index contributed by atoms with van der Waals surface area (Å²) in [6.07, 6.45) is 1.99. The lowest BCUT2D eigenvalue weighted by Gasteiger charge is -2.18. The van der Waals surface area contributed by atoms with Gasteiger partial charge in [-0.05, 0) is 6.42 Å². The number of carbonyl (C=O) groups is 2. The van der Waals surface area contributed by atoms with Crippen LogP contribution in [0, 0.1) is 0 Å². The van der Waals surface area contributed by atoms with Gasteiger partial charge in [0.15, 0.2) is 0 Å². The molecule has 0 saturated heterocycles. The largest absolute Gasteiger partial charge is 0.468 e. The maximum atomic E-state index is 11.8.